The van der Waals surface area contributed by atoms with Crippen molar-refractivity contribution in [2.45, 2.75) is 19.7 Å². The number of ether oxygens (including phenoxy) is 3. The van der Waals surface area contributed by atoms with Crippen LogP contribution < -0.4 is 19.5 Å². The number of halogens is 3. The number of alkyl halides is 3. The number of fused-ring (bicyclic) bond motifs is 2. The van der Waals surface area contributed by atoms with Gasteiger partial charge in [0.25, 0.3) is 0 Å². The molecule has 0 radical (unpaired) electrons. The van der Waals surface area contributed by atoms with Gasteiger partial charge in [-0.2, -0.15) is 23.4 Å². The third-order valence-corrected chi connectivity index (χ3v) is 5.26. The van der Waals surface area contributed by atoms with Crippen LogP contribution in [0.1, 0.15) is 11.5 Å². The minimum atomic E-state index is -5.08. The highest BCUT2D eigenvalue weighted by atomic mass is 19.4. The van der Waals surface area contributed by atoms with Crippen molar-refractivity contribution in [2.24, 2.45) is 0 Å². The molecule has 0 aliphatic heterocycles. The number of nitrogens with one attached hydrogen (secondary N) is 2. The van der Waals surface area contributed by atoms with Crippen LogP contribution in [-0.2, 0) is 11.4 Å². The minimum Gasteiger partial charge on any atom is -0.493 e. The fraction of sp³-hybridized carbons (Fsp3) is 0.217. The van der Waals surface area contributed by atoms with Gasteiger partial charge in [-0.05, 0) is 31.2 Å². The highest BCUT2D eigenvalue weighted by molar-refractivity contribution is 5.87. The smallest absolute Gasteiger partial charge is 0.490 e. The predicted molar refractivity (Wildman–Crippen MR) is 134 cm³/mol. The third-order valence-electron chi connectivity index (χ3n) is 5.26. The number of tetrazole rings is 1. The molecule has 18 heteroatoms. The number of H-pyrrole nitrogens is 1. The molecule has 3 heterocycles. The van der Waals surface area contributed by atoms with Gasteiger partial charge >= 0.3 is 12.1 Å². The van der Waals surface area contributed by atoms with E-state index in [0.29, 0.717) is 39.5 Å². The third kappa shape index (κ3) is 6.72. The number of aliphatic carboxylic acids is 1. The second-order valence-corrected chi connectivity index (χ2v) is 7.95. The molecule has 214 valence electrons. The summed E-state index contributed by atoms with van der Waals surface area (Å²) in [5.74, 6) is -0.520. The zero-order chi connectivity index (χ0) is 29.7. The molecule has 41 heavy (non-hydrogen) atoms. The Morgan fingerprint density at radius 2 is 1.63 bits per heavy atom. The fourth-order valence-corrected chi connectivity index (χ4v) is 3.39. The van der Waals surface area contributed by atoms with Gasteiger partial charge in [-0.25, -0.2) is 19.7 Å². The van der Waals surface area contributed by atoms with E-state index < -0.39 is 12.1 Å². The average Bonchev–Trinajstić information content (AvgIpc) is 3.45. The monoisotopic (exact) mass is 575 g/mol. The van der Waals surface area contributed by atoms with Crippen molar-refractivity contribution in [2.75, 3.05) is 19.5 Å². The van der Waals surface area contributed by atoms with Crippen LogP contribution >= 0.6 is 0 Å². The molecule has 0 aliphatic rings. The number of aromatic hydroxyl groups is 1. The van der Waals surface area contributed by atoms with Gasteiger partial charge in [0.15, 0.2) is 18.1 Å². The number of benzene rings is 2. The Morgan fingerprint density at radius 1 is 0.976 bits per heavy atom. The number of aromatic amines is 1. The van der Waals surface area contributed by atoms with Crippen molar-refractivity contribution < 1.29 is 42.4 Å². The molecule has 4 N–H and O–H groups in total. The van der Waals surface area contributed by atoms with Crippen molar-refractivity contribution in [1.82, 2.24) is 40.6 Å². The number of carboxylic acid groups (broad SMARTS) is 1. The molecule has 0 aliphatic carbocycles. The molecule has 0 amide bonds. The SMILES string of the molecule is COc1cc2nc(Nc3nc(O)c4cc(OCc5nn[nH]n5)ccc4n3)nc(C)c2cc1OC.O=C(O)C(F)(F)F. The van der Waals surface area contributed by atoms with E-state index in [2.05, 4.69) is 45.9 Å². The van der Waals surface area contributed by atoms with E-state index in [0.717, 1.165) is 11.1 Å². The van der Waals surface area contributed by atoms with Gasteiger partial charge in [-0.1, -0.05) is 5.21 Å². The first kappa shape index (κ1) is 28.5. The minimum absolute atomic E-state index is 0.124. The number of anilines is 2. The lowest BCUT2D eigenvalue weighted by atomic mass is 10.1. The zero-order valence-electron chi connectivity index (χ0n) is 21.4. The first-order valence-electron chi connectivity index (χ1n) is 11.3. The van der Waals surface area contributed by atoms with Crippen molar-refractivity contribution in [1.29, 1.82) is 0 Å². The maximum Gasteiger partial charge on any atom is 0.490 e. The van der Waals surface area contributed by atoms with E-state index in [1.807, 2.05) is 13.0 Å². The summed E-state index contributed by atoms with van der Waals surface area (Å²) in [7, 11) is 3.13. The van der Waals surface area contributed by atoms with Crippen LogP contribution in [0.4, 0.5) is 25.1 Å². The molecule has 0 atom stereocenters. The molecule has 0 bridgehead atoms. The molecule has 2 aromatic carbocycles. The lowest BCUT2D eigenvalue weighted by Crippen LogP contribution is -2.21. The zero-order valence-corrected chi connectivity index (χ0v) is 21.4. The number of carboxylic acids is 1. The average molecular weight is 575 g/mol. The van der Waals surface area contributed by atoms with Crippen molar-refractivity contribution in [3.8, 4) is 23.1 Å². The Balaban J connectivity index is 0.000000493. The van der Waals surface area contributed by atoms with Gasteiger partial charge in [0.05, 0.1) is 36.3 Å². The molecule has 0 saturated heterocycles. The molecule has 0 unspecified atom stereocenters. The van der Waals surface area contributed by atoms with E-state index in [1.165, 1.54) is 0 Å². The van der Waals surface area contributed by atoms with Gasteiger partial charge < -0.3 is 24.4 Å². The van der Waals surface area contributed by atoms with Crippen LogP contribution in [0.2, 0.25) is 0 Å². The van der Waals surface area contributed by atoms with Crippen LogP contribution in [0.15, 0.2) is 30.3 Å². The number of rotatable bonds is 7. The summed E-state index contributed by atoms with van der Waals surface area (Å²) in [5, 5.41) is 35.3. The number of hydrogen-bond donors (Lipinski definition) is 4. The molecular weight excluding hydrogens is 555 g/mol. The van der Waals surface area contributed by atoms with E-state index in [1.54, 1.807) is 38.5 Å². The number of nitrogens with zero attached hydrogens (tertiary/aromatic N) is 7. The maximum atomic E-state index is 10.6. The van der Waals surface area contributed by atoms with Gasteiger partial charge in [0.2, 0.25) is 23.6 Å². The molecule has 3 aromatic heterocycles. The maximum absolute atomic E-state index is 10.6. The Labute approximate surface area is 227 Å². The standard InChI is InChI=1S/C21H19N9O4.C2HF3O2/c1-10-12-7-16(32-2)17(33-3)8-15(12)24-20(22-10)26-21-23-14-5-4-11(6-13(14)19(31)25-21)34-9-18-27-29-30-28-18;3-2(4,5)1(6)7/h4-8H,9H2,1-3H3,(H,27,28,29,30)(H2,22,23,24,25,26,31);(H,6,7). The molecule has 0 saturated carbocycles. The van der Waals surface area contributed by atoms with Gasteiger partial charge in [0.1, 0.15) is 5.75 Å². The first-order chi connectivity index (χ1) is 19.5. The summed E-state index contributed by atoms with van der Waals surface area (Å²) >= 11 is 0. The topological polar surface area (TPSA) is 203 Å². The normalized spacial score (nSPS) is 11.1. The van der Waals surface area contributed by atoms with Gasteiger partial charge in [0, 0.05) is 11.5 Å². The number of carbonyl (C=O) groups is 1. The second kappa shape index (κ2) is 11.7. The molecule has 5 aromatic rings. The first-order valence-corrected chi connectivity index (χ1v) is 11.3. The molecule has 0 fully saturated rings. The number of methoxy groups -OCH3 is 2. The molecule has 0 spiro atoms. The van der Waals surface area contributed by atoms with Crippen LogP contribution in [-0.4, -0.2) is 77.1 Å². The van der Waals surface area contributed by atoms with E-state index in [4.69, 9.17) is 24.1 Å². The van der Waals surface area contributed by atoms with Crippen LogP contribution in [0.25, 0.3) is 21.8 Å². The summed E-state index contributed by atoms with van der Waals surface area (Å²) in [6.45, 7) is 1.98. The Bertz CT molecular complexity index is 1700. The summed E-state index contributed by atoms with van der Waals surface area (Å²) in [6.07, 6.45) is -5.08. The second-order valence-electron chi connectivity index (χ2n) is 7.95. The number of hydrogen-bond acceptors (Lipinski definition) is 13. The highest BCUT2D eigenvalue weighted by Crippen LogP contribution is 2.33. The Morgan fingerprint density at radius 3 is 2.27 bits per heavy atom. The highest BCUT2D eigenvalue weighted by Gasteiger charge is 2.38. The molecule has 5 rings (SSSR count). The molecule has 15 nitrogen and oxygen atoms in total. The van der Waals surface area contributed by atoms with Crippen molar-refractivity contribution >= 4 is 39.7 Å². The van der Waals surface area contributed by atoms with Crippen molar-refractivity contribution in [3.63, 3.8) is 0 Å². The van der Waals surface area contributed by atoms with E-state index in [9.17, 15) is 18.3 Å². The molecular formula is C23H20F3N9O6. The van der Waals surface area contributed by atoms with Crippen LogP contribution in [0, 0.1) is 6.92 Å². The predicted octanol–water partition coefficient (Wildman–Crippen LogP) is 3.07. The summed E-state index contributed by atoms with van der Waals surface area (Å²) < 4.78 is 48.1. The summed E-state index contributed by atoms with van der Waals surface area (Å²) in [6, 6.07) is 8.64. The van der Waals surface area contributed by atoms with E-state index >= 15 is 0 Å². The van der Waals surface area contributed by atoms with E-state index in [-0.39, 0.29) is 24.4 Å². The van der Waals surface area contributed by atoms with Crippen LogP contribution in [0.3, 0.4) is 0 Å². The quantitative estimate of drug-likeness (QED) is 0.220. The Kier molecular flexibility index (Phi) is 8.11. The van der Waals surface area contributed by atoms with Gasteiger partial charge in [-0.3, -0.25) is 5.32 Å². The van der Waals surface area contributed by atoms with Crippen LogP contribution in [0.5, 0.6) is 23.1 Å². The Hall–Kier alpha value is -5.55. The lowest BCUT2D eigenvalue weighted by Gasteiger charge is -2.12. The van der Waals surface area contributed by atoms with Gasteiger partial charge in [-0.15, -0.1) is 10.2 Å². The summed E-state index contributed by atoms with van der Waals surface area (Å²) in [4.78, 5) is 26.5. The largest absolute Gasteiger partial charge is 0.493 e. The number of aromatic nitrogens is 8. The van der Waals surface area contributed by atoms with Crippen molar-refractivity contribution in [3.05, 3.63) is 41.9 Å². The summed E-state index contributed by atoms with van der Waals surface area (Å²) in [5.41, 5.74) is 1.88. The fourth-order valence-electron chi connectivity index (χ4n) is 3.39. The number of aryl methyl sites for hydroxylation is 1. The lowest BCUT2D eigenvalue weighted by molar-refractivity contribution is -0.192.